The van der Waals surface area contributed by atoms with Gasteiger partial charge in [0.1, 0.15) is 0 Å². The summed E-state index contributed by atoms with van der Waals surface area (Å²) >= 11 is 0. The second kappa shape index (κ2) is 9.43. The van der Waals surface area contributed by atoms with Gasteiger partial charge in [-0.3, -0.25) is 14.5 Å². The highest BCUT2D eigenvalue weighted by molar-refractivity contribution is 5.98. The van der Waals surface area contributed by atoms with Crippen LogP contribution >= 0.6 is 0 Å². The average molecular weight is 398 g/mol. The molecule has 1 saturated heterocycles. The first-order chi connectivity index (χ1) is 14.1. The Morgan fingerprint density at radius 3 is 2.10 bits per heavy atom. The number of benzene rings is 1. The maximum atomic E-state index is 12.8. The molecule has 0 spiro atoms. The van der Waals surface area contributed by atoms with Crippen LogP contribution < -0.4 is 24.5 Å². The number of carbonyl (C=O) groups excluding carboxylic acids is 1. The van der Waals surface area contributed by atoms with Gasteiger partial charge in [-0.2, -0.15) is 0 Å². The highest BCUT2D eigenvalue weighted by atomic mass is 16.5. The van der Waals surface area contributed by atoms with Crippen molar-refractivity contribution >= 4 is 11.5 Å². The van der Waals surface area contributed by atoms with E-state index in [0.29, 0.717) is 61.2 Å². The summed E-state index contributed by atoms with van der Waals surface area (Å²) in [6, 6.07) is 12.2. The van der Waals surface area contributed by atoms with E-state index in [-0.39, 0.29) is 11.2 Å². The first kappa shape index (κ1) is 20.7. The minimum atomic E-state index is -0.0201. The van der Waals surface area contributed by atoms with E-state index in [1.807, 2.05) is 18.2 Å². The summed E-state index contributed by atoms with van der Waals surface area (Å²) in [6.45, 7) is 3.09. The van der Waals surface area contributed by atoms with Crippen LogP contribution in [0.25, 0.3) is 0 Å². The molecule has 2 aromatic rings. The lowest BCUT2D eigenvalue weighted by atomic mass is 10.1. The Morgan fingerprint density at radius 2 is 1.52 bits per heavy atom. The number of methoxy groups -OCH3 is 3. The van der Waals surface area contributed by atoms with E-state index in [2.05, 4.69) is 9.80 Å². The van der Waals surface area contributed by atoms with Crippen LogP contribution in [0.2, 0.25) is 0 Å². The Balaban J connectivity index is 1.67. The van der Waals surface area contributed by atoms with Gasteiger partial charge in [0, 0.05) is 31.7 Å². The molecule has 0 unspecified atom stereocenters. The molecule has 1 heterocycles. The van der Waals surface area contributed by atoms with Crippen molar-refractivity contribution < 1.29 is 19.0 Å². The number of anilines is 1. The van der Waals surface area contributed by atoms with E-state index < -0.39 is 0 Å². The van der Waals surface area contributed by atoms with Crippen LogP contribution in [-0.2, 0) is 0 Å². The Kier molecular flexibility index (Phi) is 6.72. The summed E-state index contributed by atoms with van der Waals surface area (Å²) in [6.07, 6.45) is 0. The van der Waals surface area contributed by atoms with Crippen LogP contribution in [0.1, 0.15) is 10.4 Å². The van der Waals surface area contributed by atoms with Crippen LogP contribution in [-0.4, -0.2) is 64.7 Å². The second-order valence-corrected chi connectivity index (χ2v) is 6.76. The zero-order valence-electron chi connectivity index (χ0n) is 17.0. The van der Waals surface area contributed by atoms with Gasteiger partial charge >= 0.3 is 0 Å². The Morgan fingerprint density at radius 1 is 0.897 bits per heavy atom. The molecule has 0 aliphatic carbocycles. The van der Waals surface area contributed by atoms with Crippen molar-refractivity contribution in [3.63, 3.8) is 0 Å². The average Bonchev–Trinajstić information content (AvgIpc) is 2.97. The third kappa shape index (κ3) is 4.68. The molecule has 1 aliphatic rings. The number of Topliss-reactive ketones (excluding diaryl/α,β-unsaturated/α-hetero) is 1. The summed E-state index contributed by atoms with van der Waals surface area (Å²) in [4.78, 5) is 29.2. The zero-order chi connectivity index (χ0) is 20.8. The molecule has 0 atom stereocenters. The smallest absolute Gasteiger partial charge is 0.203 e. The van der Waals surface area contributed by atoms with Gasteiger partial charge in [-0.15, -0.1) is 0 Å². The summed E-state index contributed by atoms with van der Waals surface area (Å²) in [7, 11) is 4.58. The molecule has 7 heteroatoms. The minimum absolute atomic E-state index is 0.0111. The van der Waals surface area contributed by atoms with E-state index in [0.717, 1.165) is 0 Å². The molecular weight excluding hydrogens is 372 g/mol. The topological polar surface area (TPSA) is 68.3 Å². The van der Waals surface area contributed by atoms with Gasteiger partial charge in [0.05, 0.1) is 33.6 Å². The number of ether oxygens (including phenoxy) is 3. The molecule has 0 aromatic heterocycles. The number of piperazine rings is 1. The molecule has 2 aromatic carbocycles. The van der Waals surface area contributed by atoms with Gasteiger partial charge in [0.25, 0.3) is 0 Å². The fourth-order valence-corrected chi connectivity index (χ4v) is 3.47. The maximum absolute atomic E-state index is 12.8. The Bertz CT molecular complexity index is 898. The van der Waals surface area contributed by atoms with Gasteiger partial charge in [0.15, 0.2) is 17.3 Å². The van der Waals surface area contributed by atoms with Crippen molar-refractivity contribution in [1.82, 2.24) is 4.90 Å². The monoisotopic (exact) mass is 398 g/mol. The summed E-state index contributed by atoms with van der Waals surface area (Å²) in [5, 5.41) is 0. The molecule has 154 valence electrons. The van der Waals surface area contributed by atoms with Crippen LogP contribution in [0.4, 0.5) is 5.69 Å². The standard InChI is InChI=1S/C22H26N2O5/c1-27-20-13-16(14-21(28-2)22(20)29-3)19(26)15-23-9-11-24(12-10-23)17-7-5-4-6-8-18(17)25/h4-8,13-14H,9-12,15H2,1-3H3. The fourth-order valence-electron chi connectivity index (χ4n) is 3.47. The molecule has 0 N–H and O–H groups in total. The molecule has 29 heavy (non-hydrogen) atoms. The number of carbonyl (C=O) groups is 1. The number of hydrogen-bond acceptors (Lipinski definition) is 7. The fraction of sp³-hybridized carbons (Fsp3) is 0.364. The summed E-state index contributed by atoms with van der Waals surface area (Å²) in [5.41, 5.74) is 1.22. The van der Waals surface area contributed by atoms with Crippen LogP contribution in [0.5, 0.6) is 17.2 Å². The molecule has 7 nitrogen and oxygen atoms in total. The van der Waals surface area contributed by atoms with E-state index in [9.17, 15) is 9.59 Å². The highest BCUT2D eigenvalue weighted by Gasteiger charge is 2.22. The predicted molar refractivity (Wildman–Crippen MR) is 112 cm³/mol. The van der Waals surface area contributed by atoms with Gasteiger partial charge in [0.2, 0.25) is 11.2 Å². The number of ketones is 1. The SMILES string of the molecule is COc1cc(C(=O)CN2CCN(c3cccccc3=O)CC2)cc(OC)c1OC. The Hall–Kier alpha value is -3.06. The first-order valence-corrected chi connectivity index (χ1v) is 9.47. The zero-order valence-corrected chi connectivity index (χ0v) is 17.0. The molecule has 0 saturated carbocycles. The summed E-state index contributed by atoms with van der Waals surface area (Å²) < 4.78 is 16.0. The third-order valence-corrected chi connectivity index (χ3v) is 5.04. The number of hydrogen-bond donors (Lipinski definition) is 0. The molecule has 1 fully saturated rings. The van der Waals surface area contributed by atoms with Crippen molar-refractivity contribution in [1.29, 1.82) is 0 Å². The van der Waals surface area contributed by atoms with Gasteiger partial charge in [-0.25, -0.2) is 0 Å². The van der Waals surface area contributed by atoms with Gasteiger partial charge in [-0.05, 0) is 24.3 Å². The predicted octanol–water partition coefficient (Wildman–Crippen LogP) is 2.08. The second-order valence-electron chi connectivity index (χ2n) is 6.76. The van der Waals surface area contributed by atoms with E-state index in [1.54, 1.807) is 24.3 Å². The molecular formula is C22H26N2O5. The largest absolute Gasteiger partial charge is 0.493 e. The van der Waals surface area contributed by atoms with E-state index in [4.69, 9.17) is 14.2 Å². The lowest BCUT2D eigenvalue weighted by molar-refractivity contribution is 0.0925. The van der Waals surface area contributed by atoms with Gasteiger partial charge < -0.3 is 19.1 Å². The Labute approximate surface area is 170 Å². The van der Waals surface area contributed by atoms with Crippen molar-refractivity contribution in [2.24, 2.45) is 0 Å². The lowest BCUT2D eigenvalue weighted by Gasteiger charge is -2.35. The molecule has 0 radical (unpaired) electrons. The molecule has 1 aliphatic heterocycles. The summed E-state index contributed by atoms with van der Waals surface area (Å²) in [5.74, 6) is 1.36. The van der Waals surface area contributed by atoms with Crippen LogP contribution in [0.15, 0.2) is 47.3 Å². The molecule has 3 rings (SSSR count). The molecule has 0 amide bonds. The van der Waals surface area contributed by atoms with Crippen molar-refractivity contribution in [2.75, 3.05) is 59.0 Å². The van der Waals surface area contributed by atoms with E-state index >= 15 is 0 Å². The van der Waals surface area contributed by atoms with E-state index in [1.165, 1.54) is 21.3 Å². The van der Waals surface area contributed by atoms with Gasteiger partial charge in [-0.1, -0.05) is 18.2 Å². The normalized spacial score (nSPS) is 14.4. The first-order valence-electron chi connectivity index (χ1n) is 9.47. The number of nitrogens with zero attached hydrogens (tertiary/aromatic N) is 2. The third-order valence-electron chi connectivity index (χ3n) is 5.04. The lowest BCUT2D eigenvalue weighted by Crippen LogP contribution is -2.48. The van der Waals surface area contributed by atoms with Crippen molar-refractivity contribution in [2.45, 2.75) is 0 Å². The maximum Gasteiger partial charge on any atom is 0.203 e. The highest BCUT2D eigenvalue weighted by Crippen LogP contribution is 2.38. The quantitative estimate of drug-likeness (QED) is 0.662. The van der Waals surface area contributed by atoms with Crippen LogP contribution in [0.3, 0.4) is 0 Å². The van der Waals surface area contributed by atoms with Crippen molar-refractivity contribution in [3.05, 3.63) is 58.3 Å². The van der Waals surface area contributed by atoms with Crippen molar-refractivity contribution in [3.8, 4) is 17.2 Å². The van der Waals surface area contributed by atoms with Crippen LogP contribution in [0, 0.1) is 0 Å². The number of rotatable bonds is 7. The minimum Gasteiger partial charge on any atom is -0.493 e. The molecule has 0 bridgehead atoms.